The highest BCUT2D eigenvalue weighted by Crippen LogP contribution is 2.21. The van der Waals surface area contributed by atoms with Crippen molar-refractivity contribution in [2.24, 2.45) is 4.99 Å². The van der Waals surface area contributed by atoms with Gasteiger partial charge in [-0.05, 0) is 56.0 Å². The third-order valence-electron chi connectivity index (χ3n) is 4.98. The molecule has 1 aliphatic heterocycles. The minimum atomic E-state index is -0.292. The molecule has 7 heteroatoms. The van der Waals surface area contributed by atoms with E-state index in [4.69, 9.17) is 0 Å². The fraction of sp³-hybridized carbons (Fsp3) is 0.208. The minimum Gasteiger partial charge on any atom is -0.332 e. The van der Waals surface area contributed by atoms with Crippen molar-refractivity contribution in [3.05, 3.63) is 89.8 Å². The Bertz CT molecular complexity index is 1190. The van der Waals surface area contributed by atoms with E-state index >= 15 is 0 Å². The fourth-order valence-electron chi connectivity index (χ4n) is 3.43. The van der Waals surface area contributed by atoms with Gasteiger partial charge in [-0.15, -0.1) is 0 Å². The summed E-state index contributed by atoms with van der Waals surface area (Å²) in [5.41, 5.74) is 6.64. The molecule has 3 aromatic heterocycles. The predicted molar refractivity (Wildman–Crippen MR) is 121 cm³/mol. The monoisotopic (exact) mass is 412 g/mol. The number of rotatable bonds is 4. The highest BCUT2D eigenvalue weighted by atomic mass is 16.2. The number of aliphatic imine (C=N–C) groups is 1. The lowest BCUT2D eigenvalue weighted by Gasteiger charge is -2.09. The molecular formula is C24H24N6O. The van der Waals surface area contributed by atoms with Gasteiger partial charge in [0.2, 0.25) is 0 Å². The van der Waals surface area contributed by atoms with Gasteiger partial charge in [0.15, 0.2) is 0 Å². The molecular weight excluding hydrogens is 388 g/mol. The van der Waals surface area contributed by atoms with E-state index in [9.17, 15) is 4.79 Å². The first-order valence-corrected chi connectivity index (χ1v) is 10.2. The molecule has 4 heterocycles. The first-order chi connectivity index (χ1) is 15.1. The molecule has 7 nitrogen and oxygen atoms in total. The Labute approximate surface area is 181 Å². The quantitative estimate of drug-likeness (QED) is 0.690. The van der Waals surface area contributed by atoms with Crippen LogP contribution in [0.2, 0.25) is 0 Å². The molecule has 0 radical (unpaired) electrons. The number of allylic oxidation sites excluding steroid dienone is 3. The Kier molecular flexibility index (Phi) is 6.12. The SMILES string of the molecule is Cc1cc(-c2ncc(CNC(=O)n3cc(C4=N/C=C\C=C/CC4)cn3)cc2C)ccn1. The maximum absolute atomic E-state index is 12.5. The highest BCUT2D eigenvalue weighted by molar-refractivity contribution is 6.01. The van der Waals surface area contributed by atoms with Crippen molar-refractivity contribution in [3.8, 4) is 11.3 Å². The summed E-state index contributed by atoms with van der Waals surface area (Å²) >= 11 is 0. The number of hydrogen-bond donors (Lipinski definition) is 1. The molecule has 3 aromatic rings. The van der Waals surface area contributed by atoms with Crippen LogP contribution < -0.4 is 5.32 Å². The van der Waals surface area contributed by atoms with E-state index in [1.54, 1.807) is 31.0 Å². The fourth-order valence-corrected chi connectivity index (χ4v) is 3.43. The van der Waals surface area contributed by atoms with Crippen LogP contribution in [0.3, 0.4) is 0 Å². The molecule has 0 aliphatic carbocycles. The van der Waals surface area contributed by atoms with Gasteiger partial charge < -0.3 is 5.32 Å². The van der Waals surface area contributed by atoms with Gasteiger partial charge in [0, 0.05) is 48.2 Å². The Morgan fingerprint density at radius 2 is 2.03 bits per heavy atom. The zero-order valence-corrected chi connectivity index (χ0v) is 17.6. The summed E-state index contributed by atoms with van der Waals surface area (Å²) in [7, 11) is 0. The lowest BCUT2D eigenvalue weighted by atomic mass is 10.1. The van der Waals surface area contributed by atoms with Gasteiger partial charge in [0.25, 0.3) is 0 Å². The van der Waals surface area contributed by atoms with Gasteiger partial charge in [0.05, 0.1) is 17.6 Å². The molecule has 0 spiro atoms. The van der Waals surface area contributed by atoms with E-state index in [0.29, 0.717) is 6.54 Å². The minimum absolute atomic E-state index is 0.292. The van der Waals surface area contributed by atoms with E-state index in [1.807, 2.05) is 44.2 Å². The molecule has 156 valence electrons. The Morgan fingerprint density at radius 1 is 1.13 bits per heavy atom. The number of amides is 1. The highest BCUT2D eigenvalue weighted by Gasteiger charge is 2.12. The largest absolute Gasteiger partial charge is 0.342 e. The zero-order chi connectivity index (χ0) is 21.6. The van der Waals surface area contributed by atoms with Crippen molar-refractivity contribution in [1.29, 1.82) is 0 Å². The molecule has 1 N–H and O–H groups in total. The van der Waals surface area contributed by atoms with Crippen molar-refractivity contribution in [3.63, 3.8) is 0 Å². The van der Waals surface area contributed by atoms with Gasteiger partial charge in [-0.25, -0.2) is 4.79 Å². The summed E-state index contributed by atoms with van der Waals surface area (Å²) in [4.78, 5) is 25.8. The predicted octanol–water partition coefficient (Wildman–Crippen LogP) is 4.37. The number of carbonyl (C=O) groups excluding carboxylic acids is 1. The van der Waals surface area contributed by atoms with E-state index in [1.165, 1.54) is 4.68 Å². The van der Waals surface area contributed by atoms with Crippen LogP contribution in [-0.2, 0) is 6.54 Å². The molecule has 0 saturated heterocycles. The van der Waals surface area contributed by atoms with E-state index in [-0.39, 0.29) is 6.03 Å². The first kappa shape index (κ1) is 20.4. The maximum Gasteiger partial charge on any atom is 0.342 e. The number of hydrogen-bond acceptors (Lipinski definition) is 5. The molecule has 4 rings (SSSR count). The third-order valence-corrected chi connectivity index (χ3v) is 4.98. The van der Waals surface area contributed by atoms with E-state index in [2.05, 4.69) is 31.5 Å². The van der Waals surface area contributed by atoms with Gasteiger partial charge in [-0.3, -0.25) is 15.0 Å². The van der Waals surface area contributed by atoms with Crippen molar-refractivity contribution < 1.29 is 4.79 Å². The second kappa shape index (κ2) is 9.30. The van der Waals surface area contributed by atoms with Crippen LogP contribution in [0.4, 0.5) is 4.79 Å². The molecule has 0 unspecified atom stereocenters. The van der Waals surface area contributed by atoms with Crippen LogP contribution in [0, 0.1) is 13.8 Å². The average Bonchev–Trinajstić information content (AvgIpc) is 3.22. The average molecular weight is 412 g/mol. The Balaban J connectivity index is 1.41. The Morgan fingerprint density at radius 3 is 2.87 bits per heavy atom. The molecule has 31 heavy (non-hydrogen) atoms. The van der Waals surface area contributed by atoms with Crippen LogP contribution in [0.25, 0.3) is 11.3 Å². The number of carbonyl (C=O) groups is 1. The zero-order valence-electron chi connectivity index (χ0n) is 17.6. The van der Waals surface area contributed by atoms with Gasteiger partial charge in [-0.1, -0.05) is 18.2 Å². The summed E-state index contributed by atoms with van der Waals surface area (Å²) in [6.45, 7) is 4.34. The van der Waals surface area contributed by atoms with Gasteiger partial charge in [0.1, 0.15) is 0 Å². The molecule has 0 bridgehead atoms. The molecule has 0 atom stereocenters. The first-order valence-electron chi connectivity index (χ1n) is 10.2. The summed E-state index contributed by atoms with van der Waals surface area (Å²) in [6, 6.07) is 5.71. The van der Waals surface area contributed by atoms with Crippen molar-refractivity contribution >= 4 is 11.7 Å². The third kappa shape index (κ3) is 5.01. The molecule has 0 fully saturated rings. The van der Waals surface area contributed by atoms with Crippen LogP contribution >= 0.6 is 0 Å². The standard InChI is InChI=1S/C24H24N6O/c1-17-11-19(13-27-23(17)20-8-10-25-18(2)12-20)14-28-24(31)30-16-21(15-29-30)22-7-5-3-4-6-9-26-22/h3-4,6,8-13,15-16H,5,7,14H2,1-2H3,(H,28,31)/b4-3-,9-6-,26-22?. The molecule has 0 aromatic carbocycles. The number of pyridine rings is 2. The molecule has 1 aliphatic rings. The Hall–Kier alpha value is -3.87. The second-order valence-corrected chi connectivity index (χ2v) is 7.41. The van der Waals surface area contributed by atoms with Gasteiger partial charge >= 0.3 is 6.03 Å². The van der Waals surface area contributed by atoms with Crippen molar-refractivity contribution in [2.75, 3.05) is 0 Å². The van der Waals surface area contributed by atoms with Crippen LogP contribution in [0.5, 0.6) is 0 Å². The number of nitrogens with zero attached hydrogens (tertiary/aromatic N) is 5. The topological polar surface area (TPSA) is 85.1 Å². The summed E-state index contributed by atoms with van der Waals surface area (Å²) in [5.74, 6) is 0. The summed E-state index contributed by atoms with van der Waals surface area (Å²) in [6.07, 6.45) is 16.4. The smallest absolute Gasteiger partial charge is 0.332 e. The summed E-state index contributed by atoms with van der Waals surface area (Å²) < 4.78 is 1.31. The molecule has 0 saturated carbocycles. The van der Waals surface area contributed by atoms with E-state index in [0.717, 1.165) is 52.2 Å². The van der Waals surface area contributed by atoms with Crippen molar-refractivity contribution in [1.82, 2.24) is 25.1 Å². The number of aromatic nitrogens is 4. The van der Waals surface area contributed by atoms with E-state index < -0.39 is 0 Å². The molecule has 1 amide bonds. The van der Waals surface area contributed by atoms with Crippen LogP contribution in [0.1, 0.15) is 35.2 Å². The normalized spacial score (nSPS) is 15.5. The van der Waals surface area contributed by atoms with Crippen LogP contribution in [0.15, 0.2) is 72.4 Å². The summed E-state index contributed by atoms with van der Waals surface area (Å²) in [5, 5.41) is 7.09. The lowest BCUT2D eigenvalue weighted by Crippen LogP contribution is -2.28. The van der Waals surface area contributed by atoms with Gasteiger partial charge in [-0.2, -0.15) is 9.78 Å². The second-order valence-electron chi connectivity index (χ2n) is 7.41. The maximum atomic E-state index is 12.5. The number of nitrogens with one attached hydrogen (secondary N) is 1. The van der Waals surface area contributed by atoms with Crippen LogP contribution in [-0.4, -0.2) is 31.5 Å². The van der Waals surface area contributed by atoms with Crippen molar-refractivity contribution in [2.45, 2.75) is 33.2 Å². The number of aryl methyl sites for hydroxylation is 2. The lowest BCUT2D eigenvalue weighted by molar-refractivity contribution is 0.239.